The highest BCUT2D eigenvalue weighted by atomic mass is 19.1. The van der Waals surface area contributed by atoms with E-state index in [1.54, 1.807) is 14.1 Å². The Hall–Kier alpha value is -1.98. The molecule has 17 heavy (non-hydrogen) atoms. The van der Waals surface area contributed by atoms with Crippen LogP contribution < -0.4 is 0 Å². The molecule has 0 N–H and O–H groups in total. The van der Waals surface area contributed by atoms with Crippen molar-refractivity contribution >= 4 is 11.8 Å². The topological polar surface area (TPSA) is 53.5 Å². The molecule has 0 fully saturated rings. The zero-order valence-corrected chi connectivity index (χ0v) is 9.98. The van der Waals surface area contributed by atoms with E-state index in [9.17, 15) is 14.0 Å². The summed E-state index contributed by atoms with van der Waals surface area (Å²) in [5, 5.41) is 0. The Morgan fingerprint density at radius 1 is 1.35 bits per heavy atom. The largest absolute Gasteiger partial charge is 0.347 e. The summed E-state index contributed by atoms with van der Waals surface area (Å²) in [6, 6.07) is 2.80. The van der Waals surface area contributed by atoms with Gasteiger partial charge in [0.1, 0.15) is 0 Å². The zero-order valence-electron chi connectivity index (χ0n) is 9.98. The van der Waals surface area contributed by atoms with Crippen molar-refractivity contribution in [2.24, 2.45) is 0 Å². The van der Waals surface area contributed by atoms with Crippen LogP contribution >= 0.6 is 0 Å². The maximum Gasteiger partial charge on any atom is 0.258 e. The highest BCUT2D eigenvalue weighted by Gasteiger charge is 2.19. The lowest BCUT2D eigenvalue weighted by molar-refractivity contribution is -0.129. The lowest BCUT2D eigenvalue weighted by atomic mass is 10.2. The van der Waals surface area contributed by atoms with Gasteiger partial charge in [0.2, 0.25) is 11.9 Å². The van der Waals surface area contributed by atoms with E-state index in [2.05, 4.69) is 4.98 Å². The van der Waals surface area contributed by atoms with Crippen LogP contribution in [0, 0.1) is 5.95 Å². The molecule has 0 aromatic carbocycles. The number of amides is 2. The number of nitrogens with zero attached hydrogens (tertiary/aromatic N) is 3. The van der Waals surface area contributed by atoms with Gasteiger partial charge in [-0.2, -0.15) is 4.39 Å². The van der Waals surface area contributed by atoms with Gasteiger partial charge in [-0.25, -0.2) is 4.98 Å². The number of hydrogen-bond donors (Lipinski definition) is 0. The van der Waals surface area contributed by atoms with E-state index < -0.39 is 11.9 Å². The van der Waals surface area contributed by atoms with Gasteiger partial charge in [-0.1, -0.05) is 0 Å². The fraction of sp³-hybridized carbons (Fsp3) is 0.364. The van der Waals surface area contributed by atoms with Crippen molar-refractivity contribution in [1.29, 1.82) is 0 Å². The zero-order chi connectivity index (χ0) is 13.0. The standard InChI is InChI=1S/C11H14FN3O2/c1-14(2)9(16)7-15(3)11(17)8-5-4-6-13-10(8)12/h4-6H,7H2,1-3H3. The molecule has 0 radical (unpaired) electrons. The fourth-order valence-corrected chi connectivity index (χ4v) is 1.17. The molecule has 0 unspecified atom stereocenters. The molecule has 0 aliphatic carbocycles. The molecule has 0 aliphatic rings. The molecule has 92 valence electrons. The average Bonchev–Trinajstić information content (AvgIpc) is 2.28. The highest BCUT2D eigenvalue weighted by Crippen LogP contribution is 2.06. The van der Waals surface area contributed by atoms with Crippen LogP contribution in [0.15, 0.2) is 18.3 Å². The van der Waals surface area contributed by atoms with Gasteiger partial charge < -0.3 is 9.80 Å². The van der Waals surface area contributed by atoms with Crippen molar-refractivity contribution < 1.29 is 14.0 Å². The Morgan fingerprint density at radius 2 is 2.00 bits per heavy atom. The van der Waals surface area contributed by atoms with Gasteiger partial charge >= 0.3 is 0 Å². The number of rotatable bonds is 3. The molecule has 1 aromatic rings. The average molecular weight is 239 g/mol. The molecule has 1 aromatic heterocycles. The number of likely N-dealkylation sites (N-methyl/N-ethyl adjacent to an activating group) is 2. The number of pyridine rings is 1. The number of hydrogen-bond acceptors (Lipinski definition) is 3. The minimum absolute atomic E-state index is 0.0971. The Labute approximate surface area is 98.8 Å². The van der Waals surface area contributed by atoms with Crippen LogP contribution in [0.25, 0.3) is 0 Å². The third kappa shape index (κ3) is 3.24. The number of carbonyl (C=O) groups excluding carboxylic acids is 2. The normalized spacial score (nSPS) is 9.88. The molecule has 0 saturated carbocycles. The molecule has 0 atom stereocenters. The van der Waals surface area contributed by atoms with Gasteiger partial charge in [0.25, 0.3) is 5.91 Å². The number of halogens is 1. The summed E-state index contributed by atoms with van der Waals surface area (Å²) in [5.41, 5.74) is -0.137. The Bertz CT molecular complexity index is 434. The lowest BCUT2D eigenvalue weighted by Crippen LogP contribution is -2.38. The second-order valence-electron chi connectivity index (χ2n) is 3.79. The van der Waals surface area contributed by atoms with E-state index in [0.29, 0.717) is 0 Å². The van der Waals surface area contributed by atoms with Crippen LogP contribution in [-0.4, -0.2) is 54.3 Å². The van der Waals surface area contributed by atoms with Crippen LogP contribution in [0.5, 0.6) is 0 Å². The second kappa shape index (κ2) is 5.38. The monoisotopic (exact) mass is 239 g/mol. The summed E-state index contributed by atoms with van der Waals surface area (Å²) in [5.74, 6) is -1.63. The summed E-state index contributed by atoms with van der Waals surface area (Å²) in [7, 11) is 4.62. The summed E-state index contributed by atoms with van der Waals surface area (Å²) in [4.78, 5) is 29.1. The van der Waals surface area contributed by atoms with Crippen molar-refractivity contribution in [3.63, 3.8) is 0 Å². The van der Waals surface area contributed by atoms with Crippen LogP contribution in [0.4, 0.5) is 4.39 Å². The molecule has 5 nitrogen and oxygen atoms in total. The molecular weight excluding hydrogens is 225 g/mol. The predicted octanol–water partition coefficient (Wildman–Crippen LogP) is 0.381. The maximum atomic E-state index is 13.2. The van der Waals surface area contributed by atoms with Crippen molar-refractivity contribution in [3.05, 3.63) is 29.8 Å². The SMILES string of the molecule is CN(C)C(=O)CN(C)C(=O)c1cccnc1F. The molecule has 0 spiro atoms. The molecule has 0 saturated heterocycles. The van der Waals surface area contributed by atoms with Gasteiger partial charge in [-0.3, -0.25) is 9.59 Å². The van der Waals surface area contributed by atoms with E-state index in [1.165, 1.54) is 30.3 Å². The van der Waals surface area contributed by atoms with Crippen LogP contribution in [-0.2, 0) is 4.79 Å². The first-order valence-corrected chi connectivity index (χ1v) is 4.99. The maximum absolute atomic E-state index is 13.2. The smallest absolute Gasteiger partial charge is 0.258 e. The summed E-state index contributed by atoms with van der Waals surface area (Å²) in [6.07, 6.45) is 1.26. The van der Waals surface area contributed by atoms with E-state index in [0.717, 1.165) is 4.90 Å². The van der Waals surface area contributed by atoms with Gasteiger partial charge in [-0.05, 0) is 12.1 Å². The van der Waals surface area contributed by atoms with Gasteiger partial charge in [0, 0.05) is 27.3 Å². The summed E-state index contributed by atoms with van der Waals surface area (Å²) in [6.45, 7) is -0.0971. The molecule has 1 rings (SSSR count). The summed E-state index contributed by atoms with van der Waals surface area (Å²) >= 11 is 0. The first kappa shape index (κ1) is 13.1. The molecule has 2 amide bonds. The highest BCUT2D eigenvalue weighted by molar-refractivity contribution is 5.96. The Morgan fingerprint density at radius 3 is 2.53 bits per heavy atom. The summed E-state index contributed by atoms with van der Waals surface area (Å²) < 4.78 is 13.2. The minimum Gasteiger partial charge on any atom is -0.347 e. The second-order valence-corrected chi connectivity index (χ2v) is 3.79. The van der Waals surface area contributed by atoms with Crippen LogP contribution in [0.3, 0.4) is 0 Å². The van der Waals surface area contributed by atoms with E-state index in [4.69, 9.17) is 0 Å². The van der Waals surface area contributed by atoms with E-state index in [1.807, 2.05) is 0 Å². The van der Waals surface area contributed by atoms with Gasteiger partial charge in [0.15, 0.2) is 0 Å². The molecule has 1 heterocycles. The minimum atomic E-state index is -0.832. The van der Waals surface area contributed by atoms with E-state index >= 15 is 0 Å². The van der Waals surface area contributed by atoms with Crippen molar-refractivity contribution in [2.75, 3.05) is 27.7 Å². The van der Waals surface area contributed by atoms with Gasteiger partial charge in [0.05, 0.1) is 12.1 Å². The van der Waals surface area contributed by atoms with Crippen LogP contribution in [0.2, 0.25) is 0 Å². The quantitative estimate of drug-likeness (QED) is 0.717. The van der Waals surface area contributed by atoms with Crippen molar-refractivity contribution in [2.45, 2.75) is 0 Å². The van der Waals surface area contributed by atoms with Crippen molar-refractivity contribution in [3.8, 4) is 0 Å². The number of aromatic nitrogens is 1. The van der Waals surface area contributed by atoms with Crippen molar-refractivity contribution in [1.82, 2.24) is 14.8 Å². The number of carbonyl (C=O) groups is 2. The van der Waals surface area contributed by atoms with E-state index in [-0.39, 0.29) is 18.0 Å². The molecule has 0 aliphatic heterocycles. The first-order valence-electron chi connectivity index (χ1n) is 4.99. The third-order valence-corrected chi connectivity index (χ3v) is 2.21. The lowest BCUT2D eigenvalue weighted by Gasteiger charge is -2.19. The molecule has 6 heteroatoms. The Balaban J connectivity index is 2.77. The Kier molecular flexibility index (Phi) is 4.14. The molecule has 0 bridgehead atoms. The van der Waals surface area contributed by atoms with Crippen LogP contribution in [0.1, 0.15) is 10.4 Å². The third-order valence-electron chi connectivity index (χ3n) is 2.21. The first-order chi connectivity index (χ1) is 7.93. The fourth-order valence-electron chi connectivity index (χ4n) is 1.17. The van der Waals surface area contributed by atoms with Gasteiger partial charge in [-0.15, -0.1) is 0 Å². The predicted molar refractivity (Wildman–Crippen MR) is 59.8 cm³/mol. The molecular formula is C11H14FN3O2.